The first-order valence-corrected chi connectivity index (χ1v) is 10.1. The molecule has 5 rings (SSSR count). The summed E-state index contributed by atoms with van der Waals surface area (Å²) in [6, 6.07) is 8.31. The number of fused-ring (bicyclic) bond motifs is 2. The fraction of sp³-hybridized carbons (Fsp3) is 0.318. The van der Waals surface area contributed by atoms with Crippen molar-refractivity contribution in [2.75, 3.05) is 26.2 Å². The second-order valence-corrected chi connectivity index (χ2v) is 7.86. The molecule has 30 heavy (non-hydrogen) atoms. The maximum absolute atomic E-state index is 13.6. The highest BCUT2D eigenvalue weighted by atomic mass is 19.1. The summed E-state index contributed by atoms with van der Waals surface area (Å²) in [4.78, 5) is 26.8. The molecule has 2 aliphatic heterocycles. The van der Waals surface area contributed by atoms with Gasteiger partial charge >= 0.3 is 0 Å². The van der Waals surface area contributed by atoms with Gasteiger partial charge in [-0.3, -0.25) is 24.9 Å². The predicted octanol–water partition coefficient (Wildman–Crippen LogP) is 2.08. The van der Waals surface area contributed by atoms with Crippen LogP contribution in [0.25, 0.3) is 10.9 Å². The van der Waals surface area contributed by atoms with E-state index in [1.54, 1.807) is 12.1 Å². The zero-order chi connectivity index (χ0) is 20.8. The van der Waals surface area contributed by atoms with Crippen LogP contribution in [0.4, 0.5) is 4.39 Å². The number of hydrogen-bond donors (Lipinski definition) is 3. The van der Waals surface area contributed by atoms with E-state index in [-0.39, 0.29) is 23.7 Å². The van der Waals surface area contributed by atoms with E-state index in [4.69, 9.17) is 0 Å². The summed E-state index contributed by atoms with van der Waals surface area (Å²) in [6.45, 7) is 5.41. The number of nitrogens with zero attached hydrogens (tertiary/aromatic N) is 2. The maximum Gasteiger partial charge on any atom is 0.259 e. The van der Waals surface area contributed by atoms with Crippen LogP contribution in [0.2, 0.25) is 0 Å². The van der Waals surface area contributed by atoms with Crippen molar-refractivity contribution in [3.05, 3.63) is 64.1 Å². The normalized spacial score (nSPS) is 17.9. The summed E-state index contributed by atoms with van der Waals surface area (Å²) in [7, 11) is 0. The molecule has 2 aromatic carbocycles. The van der Waals surface area contributed by atoms with Crippen molar-refractivity contribution in [2.24, 2.45) is 0 Å². The van der Waals surface area contributed by atoms with Crippen LogP contribution >= 0.6 is 0 Å². The number of aromatic amines is 1. The SMILES string of the molecule is Cc1c(C(Cc2[nH]nc3cc(F)ccc23)N2CCNCC2)ccc2c1C(=O)NC2=O. The van der Waals surface area contributed by atoms with Gasteiger partial charge in [0.05, 0.1) is 16.6 Å². The molecule has 154 valence electrons. The summed E-state index contributed by atoms with van der Waals surface area (Å²) in [5.74, 6) is -0.995. The third-order valence-corrected chi connectivity index (χ3v) is 6.15. The number of H-pyrrole nitrogens is 1. The van der Waals surface area contributed by atoms with Crippen LogP contribution in [0, 0.1) is 12.7 Å². The predicted molar refractivity (Wildman–Crippen MR) is 110 cm³/mol. The molecule has 7 nitrogen and oxygen atoms in total. The first-order chi connectivity index (χ1) is 14.5. The molecule has 3 N–H and O–H groups in total. The summed E-state index contributed by atoms with van der Waals surface area (Å²) in [5, 5.41) is 14.0. The Morgan fingerprint density at radius 2 is 1.93 bits per heavy atom. The van der Waals surface area contributed by atoms with Crippen molar-refractivity contribution < 1.29 is 14.0 Å². The monoisotopic (exact) mass is 407 g/mol. The minimum atomic E-state index is -0.343. The number of carbonyl (C=O) groups excluding carboxylic acids is 2. The van der Waals surface area contributed by atoms with E-state index in [0.29, 0.717) is 23.1 Å². The molecule has 0 saturated carbocycles. The largest absolute Gasteiger partial charge is 0.314 e. The third-order valence-electron chi connectivity index (χ3n) is 6.15. The molecule has 3 heterocycles. The topological polar surface area (TPSA) is 90.1 Å². The first-order valence-electron chi connectivity index (χ1n) is 10.1. The molecule has 1 unspecified atom stereocenters. The number of benzene rings is 2. The van der Waals surface area contributed by atoms with E-state index in [2.05, 4.69) is 25.7 Å². The quantitative estimate of drug-likeness (QED) is 0.576. The van der Waals surface area contributed by atoms with E-state index in [1.165, 1.54) is 12.1 Å². The molecule has 2 amide bonds. The van der Waals surface area contributed by atoms with Crippen molar-refractivity contribution in [3.63, 3.8) is 0 Å². The lowest BCUT2D eigenvalue weighted by atomic mass is 9.90. The smallest absolute Gasteiger partial charge is 0.259 e. The summed E-state index contributed by atoms with van der Waals surface area (Å²) in [5.41, 5.74) is 4.27. The maximum atomic E-state index is 13.6. The van der Waals surface area contributed by atoms with E-state index in [9.17, 15) is 14.0 Å². The zero-order valence-electron chi connectivity index (χ0n) is 16.6. The van der Waals surface area contributed by atoms with Gasteiger partial charge in [0.1, 0.15) is 5.82 Å². The highest BCUT2D eigenvalue weighted by Gasteiger charge is 2.33. The molecule has 0 radical (unpaired) electrons. The zero-order valence-corrected chi connectivity index (χ0v) is 16.6. The van der Waals surface area contributed by atoms with E-state index >= 15 is 0 Å². The molecule has 0 spiro atoms. The van der Waals surface area contributed by atoms with Gasteiger partial charge in [-0.25, -0.2) is 4.39 Å². The van der Waals surface area contributed by atoms with Crippen LogP contribution in [-0.4, -0.2) is 53.1 Å². The van der Waals surface area contributed by atoms with Crippen LogP contribution < -0.4 is 10.6 Å². The molecular weight excluding hydrogens is 385 g/mol. The van der Waals surface area contributed by atoms with Crippen LogP contribution in [-0.2, 0) is 6.42 Å². The van der Waals surface area contributed by atoms with Crippen LogP contribution in [0.15, 0.2) is 30.3 Å². The fourth-order valence-electron chi connectivity index (χ4n) is 4.62. The van der Waals surface area contributed by atoms with Gasteiger partial charge in [0.2, 0.25) is 0 Å². The molecule has 0 bridgehead atoms. The summed E-state index contributed by atoms with van der Waals surface area (Å²) in [6.07, 6.45) is 0.636. The Morgan fingerprint density at radius 1 is 1.13 bits per heavy atom. The number of piperazine rings is 1. The molecule has 3 aromatic rings. The molecule has 1 saturated heterocycles. The second kappa shape index (κ2) is 7.30. The van der Waals surface area contributed by atoms with Crippen molar-refractivity contribution in [1.82, 2.24) is 25.7 Å². The number of aromatic nitrogens is 2. The number of rotatable bonds is 4. The van der Waals surface area contributed by atoms with E-state index < -0.39 is 0 Å². The first kappa shape index (κ1) is 18.9. The standard InChI is InChI=1S/C22H22FN5O2/c1-12-14(4-5-16-20(12)22(30)25-21(16)29)19(28-8-6-24-7-9-28)11-18-15-3-2-13(23)10-17(15)26-27-18/h2-5,10,19,24H,6-9,11H2,1H3,(H,26,27)(H,25,29,30). The lowest BCUT2D eigenvalue weighted by Gasteiger charge is -2.36. The Hall–Kier alpha value is -3.10. The summed E-state index contributed by atoms with van der Waals surface area (Å²) < 4.78 is 13.6. The second-order valence-electron chi connectivity index (χ2n) is 7.86. The van der Waals surface area contributed by atoms with E-state index in [0.717, 1.165) is 48.4 Å². The van der Waals surface area contributed by atoms with E-state index in [1.807, 2.05) is 13.0 Å². The Morgan fingerprint density at radius 3 is 2.73 bits per heavy atom. The Kier molecular flexibility index (Phi) is 4.60. The summed E-state index contributed by atoms with van der Waals surface area (Å²) >= 11 is 0. The van der Waals surface area contributed by atoms with Gasteiger partial charge in [-0.15, -0.1) is 0 Å². The van der Waals surface area contributed by atoms with Gasteiger partial charge in [-0.1, -0.05) is 6.07 Å². The van der Waals surface area contributed by atoms with Gasteiger partial charge < -0.3 is 5.32 Å². The number of carbonyl (C=O) groups is 2. The van der Waals surface area contributed by atoms with Crippen molar-refractivity contribution in [2.45, 2.75) is 19.4 Å². The highest BCUT2D eigenvalue weighted by Crippen LogP contribution is 2.33. The Balaban J connectivity index is 1.58. The van der Waals surface area contributed by atoms with Gasteiger partial charge in [0, 0.05) is 55.8 Å². The van der Waals surface area contributed by atoms with Gasteiger partial charge in [-0.2, -0.15) is 5.10 Å². The Labute approximate surface area is 172 Å². The van der Waals surface area contributed by atoms with Gasteiger partial charge in [0.15, 0.2) is 0 Å². The average Bonchev–Trinajstić information content (AvgIpc) is 3.27. The molecular formula is C22H22FN5O2. The molecule has 1 aromatic heterocycles. The van der Waals surface area contributed by atoms with Crippen LogP contribution in [0.1, 0.15) is 43.6 Å². The van der Waals surface area contributed by atoms with Gasteiger partial charge in [-0.05, 0) is 36.2 Å². The number of nitrogens with one attached hydrogen (secondary N) is 3. The van der Waals surface area contributed by atoms with Crippen molar-refractivity contribution in [1.29, 1.82) is 0 Å². The Bertz CT molecular complexity index is 1170. The number of hydrogen-bond acceptors (Lipinski definition) is 5. The third kappa shape index (κ3) is 3.09. The molecule has 1 fully saturated rings. The fourth-order valence-corrected chi connectivity index (χ4v) is 4.62. The average molecular weight is 407 g/mol. The van der Waals surface area contributed by atoms with Gasteiger partial charge in [0.25, 0.3) is 11.8 Å². The molecule has 2 aliphatic rings. The molecule has 0 aliphatic carbocycles. The molecule has 1 atom stereocenters. The van der Waals surface area contributed by atoms with Crippen LogP contribution in [0.5, 0.6) is 0 Å². The van der Waals surface area contributed by atoms with Crippen LogP contribution in [0.3, 0.4) is 0 Å². The minimum Gasteiger partial charge on any atom is -0.314 e. The highest BCUT2D eigenvalue weighted by molar-refractivity contribution is 6.22. The lowest BCUT2D eigenvalue weighted by molar-refractivity contribution is 0.0879. The van der Waals surface area contributed by atoms with Crippen molar-refractivity contribution >= 4 is 22.7 Å². The lowest BCUT2D eigenvalue weighted by Crippen LogP contribution is -2.45. The number of halogens is 1. The molecule has 8 heteroatoms. The van der Waals surface area contributed by atoms with Crippen molar-refractivity contribution in [3.8, 4) is 0 Å². The number of imide groups is 1. The number of amides is 2. The minimum absolute atomic E-state index is 0.00500.